The number of anilines is 1. The van der Waals surface area contributed by atoms with E-state index in [2.05, 4.69) is 15.0 Å². The maximum absolute atomic E-state index is 11.7. The molecule has 0 aromatic carbocycles. The number of likely N-dealkylation sites (tertiary alicyclic amines) is 1. The lowest BCUT2D eigenvalue weighted by atomic mass is 10.1. The standard InChI is InChI=1S/C12H17N5O3/c13-12-15-9-6(1-14-10(9)11(20)16-12)2-17-3-7(5-18)8(19)4-17/h1,7-8,14,18-19H,2-5H2,(H3,13,15,16,20)/t7-,8+/m1/s1. The van der Waals surface area contributed by atoms with Crippen LogP contribution in [-0.4, -0.2) is 55.9 Å². The number of nitrogen functional groups attached to an aromatic ring is 1. The number of H-pyrrole nitrogens is 2. The molecule has 0 amide bonds. The van der Waals surface area contributed by atoms with Gasteiger partial charge >= 0.3 is 0 Å². The van der Waals surface area contributed by atoms with E-state index < -0.39 is 6.10 Å². The Morgan fingerprint density at radius 2 is 2.30 bits per heavy atom. The van der Waals surface area contributed by atoms with Gasteiger partial charge in [0.05, 0.1) is 6.10 Å². The van der Waals surface area contributed by atoms with Crippen LogP contribution in [0.3, 0.4) is 0 Å². The van der Waals surface area contributed by atoms with Gasteiger partial charge < -0.3 is 20.9 Å². The van der Waals surface area contributed by atoms with E-state index in [1.165, 1.54) is 0 Å². The molecule has 2 aromatic heterocycles. The molecule has 0 spiro atoms. The molecule has 6 N–H and O–H groups in total. The van der Waals surface area contributed by atoms with Crippen molar-refractivity contribution in [2.45, 2.75) is 12.6 Å². The van der Waals surface area contributed by atoms with Crippen LogP contribution in [0.15, 0.2) is 11.0 Å². The molecule has 2 atom stereocenters. The third-order valence-corrected chi connectivity index (χ3v) is 3.74. The van der Waals surface area contributed by atoms with Crippen molar-refractivity contribution in [3.05, 3.63) is 22.1 Å². The average Bonchev–Trinajstić information content (AvgIpc) is 2.94. The van der Waals surface area contributed by atoms with E-state index in [0.29, 0.717) is 30.7 Å². The fourth-order valence-corrected chi connectivity index (χ4v) is 2.70. The second-order valence-electron chi connectivity index (χ2n) is 5.19. The molecular formula is C12H17N5O3. The molecule has 20 heavy (non-hydrogen) atoms. The Labute approximate surface area is 114 Å². The Kier molecular flexibility index (Phi) is 3.20. The fraction of sp³-hybridized carbons (Fsp3) is 0.500. The zero-order valence-electron chi connectivity index (χ0n) is 10.8. The molecule has 1 saturated heterocycles. The normalized spacial score (nSPS) is 23.7. The van der Waals surface area contributed by atoms with Gasteiger partial charge in [0.25, 0.3) is 5.56 Å². The van der Waals surface area contributed by atoms with Crippen LogP contribution in [0.5, 0.6) is 0 Å². The predicted octanol–water partition coefficient (Wildman–Crippen LogP) is -1.38. The monoisotopic (exact) mass is 279 g/mol. The summed E-state index contributed by atoms with van der Waals surface area (Å²) in [6.07, 6.45) is 1.21. The lowest BCUT2D eigenvalue weighted by Crippen LogP contribution is -2.21. The lowest BCUT2D eigenvalue weighted by molar-refractivity contribution is 0.103. The molecule has 8 heteroatoms. The van der Waals surface area contributed by atoms with Crippen LogP contribution in [0, 0.1) is 5.92 Å². The number of nitrogens with two attached hydrogens (primary N) is 1. The molecule has 0 aliphatic carbocycles. The molecule has 0 unspecified atom stereocenters. The Morgan fingerprint density at radius 1 is 1.50 bits per heavy atom. The van der Waals surface area contributed by atoms with E-state index in [4.69, 9.17) is 10.8 Å². The third kappa shape index (κ3) is 2.17. The summed E-state index contributed by atoms with van der Waals surface area (Å²) in [5.74, 6) is -0.0420. The second-order valence-corrected chi connectivity index (χ2v) is 5.19. The number of nitrogens with one attached hydrogen (secondary N) is 2. The van der Waals surface area contributed by atoms with Crippen molar-refractivity contribution in [1.29, 1.82) is 0 Å². The Balaban J connectivity index is 1.87. The van der Waals surface area contributed by atoms with Gasteiger partial charge in [-0.3, -0.25) is 14.7 Å². The summed E-state index contributed by atoms with van der Waals surface area (Å²) in [5.41, 5.74) is 7.06. The molecule has 1 aliphatic rings. The smallest absolute Gasteiger partial charge is 0.276 e. The molecule has 0 radical (unpaired) electrons. The minimum atomic E-state index is -0.522. The molecule has 3 heterocycles. The highest BCUT2D eigenvalue weighted by Crippen LogP contribution is 2.21. The van der Waals surface area contributed by atoms with Gasteiger partial charge in [-0.15, -0.1) is 0 Å². The van der Waals surface area contributed by atoms with Gasteiger partial charge in [0.2, 0.25) is 5.95 Å². The molecule has 8 nitrogen and oxygen atoms in total. The van der Waals surface area contributed by atoms with E-state index in [1.54, 1.807) is 6.20 Å². The lowest BCUT2D eigenvalue weighted by Gasteiger charge is -2.14. The summed E-state index contributed by atoms with van der Waals surface area (Å²) in [7, 11) is 0. The summed E-state index contributed by atoms with van der Waals surface area (Å²) in [5, 5.41) is 18.9. The van der Waals surface area contributed by atoms with E-state index in [1.807, 2.05) is 4.90 Å². The van der Waals surface area contributed by atoms with Crippen molar-refractivity contribution >= 4 is 17.0 Å². The van der Waals surface area contributed by atoms with Crippen LogP contribution in [0.1, 0.15) is 5.56 Å². The quantitative estimate of drug-likeness (QED) is 0.470. The molecule has 1 fully saturated rings. The van der Waals surface area contributed by atoms with E-state index in [9.17, 15) is 9.90 Å². The SMILES string of the molecule is Nc1nc2c(CN3C[C@H](CO)[C@@H](O)C3)c[nH]c2c(=O)[nH]1. The number of aromatic amines is 2. The molecule has 0 saturated carbocycles. The van der Waals surface area contributed by atoms with Gasteiger partial charge in [-0.1, -0.05) is 0 Å². The highest BCUT2D eigenvalue weighted by atomic mass is 16.3. The number of aliphatic hydroxyl groups excluding tert-OH is 2. The van der Waals surface area contributed by atoms with E-state index >= 15 is 0 Å². The topological polar surface area (TPSA) is 131 Å². The first-order valence-corrected chi connectivity index (χ1v) is 6.45. The van der Waals surface area contributed by atoms with Crippen molar-refractivity contribution in [2.24, 2.45) is 5.92 Å². The minimum Gasteiger partial charge on any atom is -0.396 e. The van der Waals surface area contributed by atoms with Crippen LogP contribution in [0.4, 0.5) is 5.95 Å². The second kappa shape index (κ2) is 4.89. The predicted molar refractivity (Wildman–Crippen MR) is 73.0 cm³/mol. The number of β-amino-alcohol motifs (C(OH)–C–C–N with tert-alkyl or cyclic N) is 1. The number of nitrogens with zero attached hydrogens (tertiary/aromatic N) is 2. The first-order chi connectivity index (χ1) is 9.58. The summed E-state index contributed by atoms with van der Waals surface area (Å²) < 4.78 is 0. The molecule has 3 rings (SSSR count). The van der Waals surface area contributed by atoms with Crippen LogP contribution in [0.25, 0.3) is 11.0 Å². The third-order valence-electron chi connectivity index (χ3n) is 3.74. The van der Waals surface area contributed by atoms with E-state index in [-0.39, 0.29) is 24.0 Å². The highest BCUT2D eigenvalue weighted by Gasteiger charge is 2.31. The first-order valence-electron chi connectivity index (χ1n) is 6.45. The number of aromatic nitrogens is 3. The molecule has 108 valence electrons. The van der Waals surface area contributed by atoms with Crippen LogP contribution < -0.4 is 11.3 Å². The number of hydrogen-bond acceptors (Lipinski definition) is 6. The zero-order chi connectivity index (χ0) is 14.3. The summed E-state index contributed by atoms with van der Waals surface area (Å²) >= 11 is 0. The van der Waals surface area contributed by atoms with Gasteiger partial charge in [0, 0.05) is 43.9 Å². The van der Waals surface area contributed by atoms with Gasteiger partial charge in [-0.05, 0) is 0 Å². The highest BCUT2D eigenvalue weighted by molar-refractivity contribution is 5.78. The molecule has 1 aliphatic heterocycles. The summed E-state index contributed by atoms with van der Waals surface area (Å²) in [6.45, 7) is 1.62. The Hall–Kier alpha value is -1.90. The molecular weight excluding hydrogens is 262 g/mol. The van der Waals surface area contributed by atoms with E-state index in [0.717, 1.165) is 5.56 Å². The summed E-state index contributed by atoms with van der Waals surface area (Å²) in [6, 6.07) is 0. The summed E-state index contributed by atoms with van der Waals surface area (Å²) in [4.78, 5) is 23.2. The minimum absolute atomic E-state index is 0.0313. The fourth-order valence-electron chi connectivity index (χ4n) is 2.70. The van der Waals surface area contributed by atoms with Crippen molar-refractivity contribution in [3.8, 4) is 0 Å². The first kappa shape index (κ1) is 13.1. The molecule has 0 bridgehead atoms. The number of fused-ring (bicyclic) bond motifs is 1. The van der Waals surface area contributed by atoms with Crippen molar-refractivity contribution in [3.63, 3.8) is 0 Å². The Bertz CT molecular complexity index is 679. The zero-order valence-corrected chi connectivity index (χ0v) is 10.8. The molecule has 2 aromatic rings. The maximum Gasteiger partial charge on any atom is 0.276 e. The Morgan fingerprint density at radius 3 is 3.00 bits per heavy atom. The number of hydrogen-bond donors (Lipinski definition) is 5. The average molecular weight is 279 g/mol. The van der Waals surface area contributed by atoms with Crippen LogP contribution in [-0.2, 0) is 6.54 Å². The van der Waals surface area contributed by atoms with Crippen LogP contribution in [0.2, 0.25) is 0 Å². The van der Waals surface area contributed by atoms with Gasteiger partial charge in [-0.2, -0.15) is 0 Å². The number of rotatable bonds is 3. The maximum atomic E-state index is 11.7. The van der Waals surface area contributed by atoms with Gasteiger partial charge in [0.15, 0.2) is 0 Å². The van der Waals surface area contributed by atoms with Gasteiger partial charge in [-0.25, -0.2) is 4.98 Å². The number of aliphatic hydroxyl groups is 2. The van der Waals surface area contributed by atoms with Crippen molar-refractivity contribution in [2.75, 3.05) is 25.4 Å². The van der Waals surface area contributed by atoms with Crippen molar-refractivity contribution in [1.82, 2.24) is 19.9 Å². The largest absolute Gasteiger partial charge is 0.396 e. The van der Waals surface area contributed by atoms with Crippen LogP contribution >= 0.6 is 0 Å². The van der Waals surface area contributed by atoms with Gasteiger partial charge in [0.1, 0.15) is 11.0 Å². The van der Waals surface area contributed by atoms with Crippen molar-refractivity contribution < 1.29 is 10.2 Å².